The fraction of sp³-hybridized carbons (Fsp3) is 0.500. The van der Waals surface area contributed by atoms with E-state index in [9.17, 15) is 0 Å². The predicted octanol–water partition coefficient (Wildman–Crippen LogP) is 1.43. The van der Waals surface area contributed by atoms with Crippen LogP contribution < -0.4 is 16.0 Å². The van der Waals surface area contributed by atoms with Crippen LogP contribution in [-0.2, 0) is 6.54 Å². The van der Waals surface area contributed by atoms with Crippen LogP contribution in [-0.4, -0.2) is 55.6 Å². The maximum atomic E-state index is 5.83. The lowest BCUT2D eigenvalue weighted by Gasteiger charge is -2.33. The molecule has 7 heteroatoms. The van der Waals surface area contributed by atoms with E-state index in [1.54, 1.807) is 0 Å². The summed E-state index contributed by atoms with van der Waals surface area (Å²) in [5, 5.41) is 3.03. The summed E-state index contributed by atoms with van der Waals surface area (Å²) in [5.74, 6) is 1.47. The Labute approximate surface area is 155 Å². The lowest BCUT2D eigenvalue weighted by atomic mass is 10.2. The summed E-state index contributed by atoms with van der Waals surface area (Å²) >= 11 is 0. The third-order valence-corrected chi connectivity index (χ3v) is 3.64. The Balaban J connectivity index is 0.00000264. The molecule has 128 valence electrons. The normalized spacial score (nSPS) is 15.9. The minimum Gasteiger partial charge on any atom is -0.370 e. The van der Waals surface area contributed by atoms with Gasteiger partial charge in [0.05, 0.1) is 6.54 Å². The van der Waals surface area contributed by atoms with Gasteiger partial charge >= 0.3 is 0 Å². The summed E-state index contributed by atoms with van der Waals surface area (Å²) in [5.41, 5.74) is 7.97. The Morgan fingerprint density at radius 1 is 1.39 bits per heavy atom. The zero-order valence-electron chi connectivity index (χ0n) is 14.0. The molecule has 0 aromatic carbocycles. The van der Waals surface area contributed by atoms with Crippen molar-refractivity contribution < 1.29 is 0 Å². The Morgan fingerprint density at radius 3 is 2.74 bits per heavy atom. The number of hydrogen-bond donors (Lipinski definition) is 2. The van der Waals surface area contributed by atoms with Crippen LogP contribution in [0.4, 0.5) is 5.82 Å². The fourth-order valence-electron chi connectivity index (χ4n) is 2.24. The number of nitrogens with zero attached hydrogens (tertiary/aromatic N) is 4. The number of likely N-dealkylation sites (N-methyl/N-ethyl adjacent to an activating group) is 1. The molecule has 1 fully saturated rings. The summed E-state index contributed by atoms with van der Waals surface area (Å²) in [7, 11) is 2.15. The SMILES string of the molecule is C=C(C)CNC(N)=NCc1ccnc(N2CCN(C)CC2)c1.I. The summed E-state index contributed by atoms with van der Waals surface area (Å²) < 4.78 is 0. The van der Waals surface area contributed by atoms with Gasteiger partial charge in [-0.2, -0.15) is 0 Å². The van der Waals surface area contributed by atoms with Crippen molar-refractivity contribution in [2.24, 2.45) is 10.7 Å². The smallest absolute Gasteiger partial charge is 0.189 e. The number of halogens is 1. The number of hydrogen-bond acceptors (Lipinski definition) is 4. The molecular weight excluding hydrogens is 403 g/mol. The van der Waals surface area contributed by atoms with E-state index in [1.165, 1.54) is 0 Å². The van der Waals surface area contributed by atoms with Crippen molar-refractivity contribution in [3.8, 4) is 0 Å². The van der Waals surface area contributed by atoms with Crippen LogP contribution in [0.1, 0.15) is 12.5 Å². The fourth-order valence-corrected chi connectivity index (χ4v) is 2.24. The molecule has 23 heavy (non-hydrogen) atoms. The molecular formula is C16H27IN6. The van der Waals surface area contributed by atoms with Gasteiger partial charge in [-0.1, -0.05) is 12.2 Å². The van der Waals surface area contributed by atoms with Crippen LogP contribution in [0, 0.1) is 0 Å². The number of rotatable bonds is 5. The lowest BCUT2D eigenvalue weighted by Crippen LogP contribution is -2.44. The maximum Gasteiger partial charge on any atom is 0.189 e. The molecule has 0 unspecified atom stereocenters. The number of pyridine rings is 1. The summed E-state index contributed by atoms with van der Waals surface area (Å²) in [6, 6.07) is 4.08. The van der Waals surface area contributed by atoms with E-state index in [0.717, 1.165) is 43.1 Å². The van der Waals surface area contributed by atoms with Crippen LogP contribution >= 0.6 is 24.0 Å². The topological polar surface area (TPSA) is 69.8 Å². The van der Waals surface area contributed by atoms with Gasteiger partial charge in [-0.05, 0) is 31.7 Å². The third-order valence-electron chi connectivity index (χ3n) is 3.64. The highest BCUT2D eigenvalue weighted by Crippen LogP contribution is 2.15. The second-order valence-electron chi connectivity index (χ2n) is 5.82. The molecule has 1 aliphatic heterocycles. The molecule has 6 nitrogen and oxygen atoms in total. The molecule has 1 aromatic rings. The van der Waals surface area contributed by atoms with Gasteiger partial charge in [-0.25, -0.2) is 9.98 Å². The summed E-state index contributed by atoms with van der Waals surface area (Å²) in [6.07, 6.45) is 1.84. The molecule has 0 saturated carbocycles. The second kappa shape index (κ2) is 9.71. The molecule has 1 aromatic heterocycles. The quantitative estimate of drug-likeness (QED) is 0.320. The molecule has 0 bridgehead atoms. The van der Waals surface area contributed by atoms with E-state index in [2.05, 4.69) is 44.8 Å². The highest BCUT2D eigenvalue weighted by Gasteiger charge is 2.15. The Bertz CT molecular complexity index is 537. The van der Waals surface area contributed by atoms with E-state index in [4.69, 9.17) is 5.73 Å². The Kier molecular flexibility index (Phi) is 8.32. The standard InChI is InChI=1S/C16H26N6.HI/c1-13(2)11-19-16(17)20-12-14-4-5-18-15(10-14)22-8-6-21(3)7-9-22;/h4-5,10H,1,6-9,11-12H2,2-3H3,(H3,17,19,20);1H. The van der Waals surface area contributed by atoms with Gasteiger partial charge in [0.2, 0.25) is 0 Å². The number of aliphatic imine (C=N–C) groups is 1. The molecule has 3 N–H and O–H groups in total. The largest absolute Gasteiger partial charge is 0.370 e. The van der Waals surface area contributed by atoms with E-state index in [-0.39, 0.29) is 24.0 Å². The van der Waals surface area contributed by atoms with Crippen molar-refractivity contribution in [2.75, 3.05) is 44.7 Å². The molecule has 2 heterocycles. The summed E-state index contributed by atoms with van der Waals surface area (Å²) in [6.45, 7) is 11.1. The van der Waals surface area contributed by atoms with Crippen molar-refractivity contribution in [3.63, 3.8) is 0 Å². The first-order valence-electron chi connectivity index (χ1n) is 7.61. The molecule has 0 radical (unpaired) electrons. The zero-order chi connectivity index (χ0) is 15.9. The summed E-state index contributed by atoms with van der Waals surface area (Å²) in [4.78, 5) is 13.5. The van der Waals surface area contributed by atoms with Gasteiger partial charge in [-0.3, -0.25) is 0 Å². The maximum absolute atomic E-state index is 5.83. The lowest BCUT2D eigenvalue weighted by molar-refractivity contribution is 0.312. The number of aromatic nitrogens is 1. The van der Waals surface area contributed by atoms with E-state index >= 15 is 0 Å². The molecule has 2 rings (SSSR count). The van der Waals surface area contributed by atoms with Gasteiger partial charge in [0.15, 0.2) is 5.96 Å². The number of piperazine rings is 1. The van der Waals surface area contributed by atoms with Gasteiger partial charge < -0.3 is 20.9 Å². The highest BCUT2D eigenvalue weighted by molar-refractivity contribution is 14.0. The van der Waals surface area contributed by atoms with Gasteiger partial charge in [-0.15, -0.1) is 24.0 Å². The highest BCUT2D eigenvalue weighted by atomic mass is 127. The number of anilines is 1. The van der Waals surface area contributed by atoms with Crippen LogP contribution in [0.3, 0.4) is 0 Å². The molecule has 0 amide bonds. The van der Waals surface area contributed by atoms with Gasteiger partial charge in [0.25, 0.3) is 0 Å². The second-order valence-corrected chi connectivity index (χ2v) is 5.82. The molecule has 0 aliphatic carbocycles. The predicted molar refractivity (Wildman–Crippen MR) is 108 cm³/mol. The first kappa shape index (κ1) is 19.7. The first-order valence-corrected chi connectivity index (χ1v) is 7.61. The molecule has 1 saturated heterocycles. The molecule has 1 aliphatic rings. The van der Waals surface area contributed by atoms with Crippen molar-refractivity contribution >= 4 is 35.8 Å². The third kappa shape index (κ3) is 6.74. The van der Waals surface area contributed by atoms with E-state index in [1.807, 2.05) is 19.2 Å². The minimum absolute atomic E-state index is 0. The number of nitrogens with one attached hydrogen (secondary N) is 1. The molecule has 0 spiro atoms. The van der Waals surface area contributed by atoms with Crippen LogP contribution in [0.15, 0.2) is 35.5 Å². The minimum atomic E-state index is 0. The van der Waals surface area contributed by atoms with Crippen LogP contribution in [0.5, 0.6) is 0 Å². The van der Waals surface area contributed by atoms with Gasteiger partial charge in [0, 0.05) is 38.9 Å². The van der Waals surface area contributed by atoms with E-state index in [0.29, 0.717) is 19.0 Å². The average molecular weight is 430 g/mol. The van der Waals surface area contributed by atoms with E-state index < -0.39 is 0 Å². The van der Waals surface area contributed by atoms with Gasteiger partial charge in [0.1, 0.15) is 5.82 Å². The Hall–Kier alpha value is -1.35. The van der Waals surface area contributed by atoms with Crippen molar-refractivity contribution in [1.29, 1.82) is 0 Å². The number of nitrogens with two attached hydrogens (primary N) is 1. The zero-order valence-corrected chi connectivity index (χ0v) is 16.3. The van der Waals surface area contributed by atoms with Crippen molar-refractivity contribution in [3.05, 3.63) is 36.0 Å². The monoisotopic (exact) mass is 430 g/mol. The van der Waals surface area contributed by atoms with Crippen LogP contribution in [0.2, 0.25) is 0 Å². The first-order chi connectivity index (χ1) is 10.5. The van der Waals surface area contributed by atoms with Crippen LogP contribution in [0.25, 0.3) is 0 Å². The molecule has 0 atom stereocenters. The number of guanidine groups is 1. The average Bonchev–Trinajstić information content (AvgIpc) is 2.52. The van der Waals surface area contributed by atoms with Crippen molar-refractivity contribution in [2.45, 2.75) is 13.5 Å². The Morgan fingerprint density at radius 2 is 2.09 bits per heavy atom. The van der Waals surface area contributed by atoms with Crippen molar-refractivity contribution in [1.82, 2.24) is 15.2 Å².